The van der Waals surface area contributed by atoms with Crippen LogP contribution in [0.5, 0.6) is 5.75 Å². The molecular weight excluding hydrogens is 642 g/mol. The third-order valence-corrected chi connectivity index (χ3v) is 8.30. The maximum Gasteiger partial charge on any atom is 0.290 e. The van der Waals surface area contributed by atoms with E-state index in [1.807, 2.05) is 37.4 Å². The lowest BCUT2D eigenvalue weighted by atomic mass is 9.93. The summed E-state index contributed by atoms with van der Waals surface area (Å²) in [7, 11) is 0. The van der Waals surface area contributed by atoms with Crippen molar-refractivity contribution in [1.29, 1.82) is 0 Å². The molecule has 2 aromatic carbocycles. The van der Waals surface area contributed by atoms with Crippen LogP contribution in [0.2, 0.25) is 0 Å². The van der Waals surface area contributed by atoms with E-state index >= 15 is 4.39 Å². The quantitative estimate of drug-likeness (QED) is 0.190. The fourth-order valence-corrected chi connectivity index (χ4v) is 5.98. The highest BCUT2D eigenvalue weighted by Gasteiger charge is 2.33. The van der Waals surface area contributed by atoms with Gasteiger partial charge in [-0.25, -0.2) is 13.8 Å². The Morgan fingerprint density at radius 2 is 1.58 bits per heavy atom. The van der Waals surface area contributed by atoms with Crippen molar-refractivity contribution in [3.8, 4) is 28.1 Å². The molecule has 11 heteroatoms. The van der Waals surface area contributed by atoms with Crippen LogP contribution in [0.3, 0.4) is 0 Å². The third-order valence-electron chi connectivity index (χ3n) is 8.30. The van der Waals surface area contributed by atoms with Crippen LogP contribution in [-0.2, 0) is 16.0 Å². The second kappa shape index (κ2) is 18.2. The number of fused-ring (bicyclic) bond motifs is 8. The van der Waals surface area contributed by atoms with E-state index in [9.17, 15) is 4.39 Å². The summed E-state index contributed by atoms with van der Waals surface area (Å²) in [6.07, 6.45) is 5.39. The van der Waals surface area contributed by atoms with Crippen molar-refractivity contribution in [3.05, 3.63) is 65.4 Å². The molecule has 1 saturated heterocycles. The lowest BCUT2D eigenvalue weighted by Gasteiger charge is -2.41. The molecule has 6 bridgehead atoms. The molecule has 0 spiro atoms. The fraction of sp³-hybridized carbons (Fsp3) is 0.513. The van der Waals surface area contributed by atoms with Crippen molar-refractivity contribution in [1.82, 2.24) is 14.6 Å². The zero-order valence-corrected chi connectivity index (χ0v) is 30.9. The number of hydrogen-bond donors (Lipinski definition) is 2. The second-order valence-corrected chi connectivity index (χ2v) is 13.5. The van der Waals surface area contributed by atoms with Crippen molar-refractivity contribution in [2.75, 3.05) is 31.2 Å². The van der Waals surface area contributed by atoms with Gasteiger partial charge in [0.2, 0.25) is 0 Å². The van der Waals surface area contributed by atoms with Crippen molar-refractivity contribution < 1.29 is 33.3 Å². The molecule has 0 aliphatic carbocycles. The summed E-state index contributed by atoms with van der Waals surface area (Å²) in [6, 6.07) is 11.1. The van der Waals surface area contributed by atoms with E-state index < -0.39 is 17.2 Å². The van der Waals surface area contributed by atoms with Crippen LogP contribution in [0.1, 0.15) is 91.8 Å². The molecule has 0 amide bonds. The van der Waals surface area contributed by atoms with Gasteiger partial charge in [0.25, 0.3) is 6.47 Å². The first-order valence-corrected chi connectivity index (χ1v) is 17.6. The van der Waals surface area contributed by atoms with Gasteiger partial charge in [0.05, 0.1) is 23.5 Å². The van der Waals surface area contributed by atoms with E-state index in [0.29, 0.717) is 41.3 Å². The third kappa shape index (κ3) is 11.0. The number of ether oxygens (including phenoxy) is 2. The van der Waals surface area contributed by atoms with E-state index in [4.69, 9.17) is 34.6 Å². The van der Waals surface area contributed by atoms with Crippen LogP contribution in [-0.4, -0.2) is 68.8 Å². The van der Waals surface area contributed by atoms with Crippen LogP contribution < -0.4 is 9.64 Å². The van der Waals surface area contributed by atoms with Gasteiger partial charge in [-0.2, -0.15) is 9.61 Å². The lowest BCUT2D eigenvalue weighted by molar-refractivity contribution is -0.122. The molecule has 5 heterocycles. The summed E-state index contributed by atoms with van der Waals surface area (Å²) >= 11 is 0. The molecule has 2 aromatic heterocycles. The van der Waals surface area contributed by atoms with Crippen LogP contribution in [0.4, 0.5) is 14.6 Å². The molecule has 1 fully saturated rings. The van der Waals surface area contributed by atoms with E-state index in [1.54, 1.807) is 26.8 Å². The van der Waals surface area contributed by atoms with Gasteiger partial charge in [0, 0.05) is 54.2 Å². The minimum absolute atomic E-state index is 0.162. The minimum Gasteiger partial charge on any atom is -0.493 e. The highest BCUT2D eigenvalue weighted by Crippen LogP contribution is 2.36. The normalized spacial score (nSPS) is 15.6. The molecule has 0 saturated carbocycles. The molecule has 3 aliphatic heterocycles. The van der Waals surface area contributed by atoms with Gasteiger partial charge in [-0.3, -0.25) is 4.79 Å². The van der Waals surface area contributed by atoms with E-state index in [0.717, 1.165) is 68.8 Å². The summed E-state index contributed by atoms with van der Waals surface area (Å²) in [6.45, 7) is 18.3. The highest BCUT2D eigenvalue weighted by atomic mass is 19.1. The lowest BCUT2D eigenvalue weighted by Crippen LogP contribution is -2.45. The smallest absolute Gasteiger partial charge is 0.290 e. The number of anilines is 1. The Bertz CT molecular complexity index is 1690. The Morgan fingerprint density at radius 1 is 0.960 bits per heavy atom. The molecule has 7 rings (SSSR count). The molecule has 9 nitrogen and oxygen atoms in total. The first-order valence-electron chi connectivity index (χ1n) is 17.6. The first-order chi connectivity index (χ1) is 23.7. The second-order valence-electron chi connectivity index (χ2n) is 13.5. The molecule has 274 valence electrons. The molecule has 50 heavy (non-hydrogen) atoms. The SMILES string of the molecule is CC.CC(C)(C)O.CCc1c(C)nc2cc3nn2c1N1CCC(C)(CC1)OCCCCCOc1cc(F)ccc1-c1cc(F)cc-3c1.O=CO. The summed E-state index contributed by atoms with van der Waals surface area (Å²) in [4.78, 5) is 15.6. The maximum atomic E-state index is 15.1. The van der Waals surface area contributed by atoms with Gasteiger partial charge >= 0.3 is 0 Å². The Kier molecular flexibility index (Phi) is 14.7. The number of aromatic nitrogens is 3. The Hall–Kier alpha value is -4.09. The molecule has 2 N–H and O–H groups in total. The van der Waals surface area contributed by atoms with Gasteiger partial charge in [0.1, 0.15) is 23.2 Å². The fourth-order valence-electron chi connectivity index (χ4n) is 5.98. The topological polar surface area (TPSA) is 109 Å². The van der Waals surface area contributed by atoms with Crippen molar-refractivity contribution >= 4 is 17.9 Å². The molecule has 0 unspecified atom stereocenters. The summed E-state index contributed by atoms with van der Waals surface area (Å²) < 4.78 is 43.6. The first kappa shape index (κ1) is 40.3. The minimum atomic E-state index is -0.500. The predicted molar refractivity (Wildman–Crippen MR) is 195 cm³/mol. The number of carbonyl (C=O) groups is 1. The van der Waals surface area contributed by atoms with Crippen LogP contribution in [0.25, 0.3) is 28.0 Å². The monoisotopic (exact) mass is 696 g/mol. The largest absolute Gasteiger partial charge is 0.493 e. The summed E-state index contributed by atoms with van der Waals surface area (Å²) in [5, 5.41) is 20.4. The van der Waals surface area contributed by atoms with E-state index in [-0.39, 0.29) is 12.1 Å². The van der Waals surface area contributed by atoms with Gasteiger partial charge in [-0.05, 0) is 109 Å². The van der Waals surface area contributed by atoms with Crippen molar-refractivity contribution in [2.45, 2.75) is 105 Å². The van der Waals surface area contributed by atoms with Gasteiger partial charge in [-0.1, -0.05) is 20.8 Å². The van der Waals surface area contributed by atoms with E-state index in [1.165, 1.54) is 29.8 Å². The molecule has 0 atom stereocenters. The standard InChI is InChI=1S/C32H36F2N4O2.C4H10O.C2H6.CH2O2/c1-4-26-21(2)35-30-20-28-23-16-22(17-25(34)18-23)27-9-8-24(33)19-29(27)39-14-6-5-7-15-40-32(3)10-12-37(13-11-32)31(26)38(30)36-28;1-4(2,3)5;1-2;2-1-3/h8-9,16-20H,4-7,10-15H2,1-3H3;5H,1-3H3;1-2H3;1H,(H,2,3). The number of aryl methyl sites for hydroxylation is 1. The Balaban J connectivity index is 0.000000605. The van der Waals surface area contributed by atoms with Crippen molar-refractivity contribution in [2.24, 2.45) is 0 Å². The zero-order chi connectivity index (χ0) is 37.1. The Morgan fingerprint density at radius 3 is 2.22 bits per heavy atom. The number of piperidine rings is 1. The highest BCUT2D eigenvalue weighted by molar-refractivity contribution is 5.77. The zero-order valence-electron chi connectivity index (χ0n) is 30.9. The summed E-state index contributed by atoms with van der Waals surface area (Å²) in [5.74, 6) is 0.675. The Labute approximate surface area is 295 Å². The number of benzene rings is 2. The van der Waals surface area contributed by atoms with Crippen LogP contribution >= 0.6 is 0 Å². The molecule has 3 aliphatic rings. The van der Waals surface area contributed by atoms with E-state index in [2.05, 4.69) is 18.7 Å². The average molecular weight is 697 g/mol. The predicted octanol–water partition coefficient (Wildman–Crippen LogP) is 8.65. The van der Waals surface area contributed by atoms with Gasteiger partial charge < -0.3 is 24.6 Å². The van der Waals surface area contributed by atoms with Crippen LogP contribution in [0.15, 0.2) is 42.5 Å². The molecular formula is C39H54F2N4O5. The number of aliphatic hydroxyl groups is 1. The number of carboxylic acid groups (broad SMARTS) is 1. The van der Waals surface area contributed by atoms with Crippen LogP contribution in [0, 0.1) is 18.6 Å². The summed E-state index contributed by atoms with van der Waals surface area (Å²) in [5.41, 5.74) is 4.73. The van der Waals surface area contributed by atoms with Gasteiger partial charge in [0.15, 0.2) is 5.65 Å². The maximum absolute atomic E-state index is 15.1. The average Bonchev–Trinajstić information content (AvgIpc) is 3.48. The number of hydrogen-bond acceptors (Lipinski definition) is 7. The molecule has 0 radical (unpaired) electrons. The number of nitrogens with zero attached hydrogens (tertiary/aromatic N) is 4. The molecule has 4 aromatic rings. The van der Waals surface area contributed by atoms with Gasteiger partial charge in [-0.15, -0.1) is 0 Å². The van der Waals surface area contributed by atoms with Crippen molar-refractivity contribution in [3.63, 3.8) is 0 Å². The number of rotatable bonds is 1. The number of halogens is 2.